The van der Waals surface area contributed by atoms with Crippen LogP contribution >= 0.6 is 0 Å². The van der Waals surface area contributed by atoms with Crippen LogP contribution in [0.5, 0.6) is 0 Å². The smallest absolute Gasteiger partial charge is 0.0601 e. The van der Waals surface area contributed by atoms with Gasteiger partial charge in [0.05, 0.1) is 6.54 Å². The highest BCUT2D eigenvalue weighted by atomic mass is 15.1. The van der Waals surface area contributed by atoms with Gasteiger partial charge in [0.15, 0.2) is 0 Å². The SMILES string of the molecule is CCN(CC)CC#CCC(C)C. The monoisotopic (exact) mass is 167 g/mol. The molecule has 1 heteroatoms. The van der Waals surface area contributed by atoms with E-state index in [0.717, 1.165) is 26.1 Å². The van der Waals surface area contributed by atoms with E-state index in [0.29, 0.717) is 5.92 Å². The molecule has 0 aliphatic carbocycles. The third kappa shape index (κ3) is 6.24. The summed E-state index contributed by atoms with van der Waals surface area (Å²) in [5.41, 5.74) is 0. The summed E-state index contributed by atoms with van der Waals surface area (Å²) in [7, 11) is 0. The summed E-state index contributed by atoms with van der Waals surface area (Å²) < 4.78 is 0. The minimum Gasteiger partial charge on any atom is -0.293 e. The molecule has 1 nitrogen and oxygen atoms in total. The molecule has 0 N–H and O–H groups in total. The number of nitrogens with zero attached hydrogens (tertiary/aromatic N) is 1. The van der Waals surface area contributed by atoms with E-state index in [-0.39, 0.29) is 0 Å². The van der Waals surface area contributed by atoms with Gasteiger partial charge in [-0.2, -0.15) is 0 Å². The molecule has 0 aromatic carbocycles. The molecule has 0 atom stereocenters. The van der Waals surface area contributed by atoms with Gasteiger partial charge in [-0.3, -0.25) is 4.90 Å². The normalized spacial score (nSPS) is 10.2. The van der Waals surface area contributed by atoms with Gasteiger partial charge in [0, 0.05) is 6.42 Å². The molecule has 0 spiro atoms. The van der Waals surface area contributed by atoms with Crippen molar-refractivity contribution >= 4 is 0 Å². The standard InChI is InChI=1S/C11H21N/c1-5-12(6-2)10-8-7-9-11(3)4/h11H,5-6,9-10H2,1-4H3. The lowest BCUT2D eigenvalue weighted by Crippen LogP contribution is -2.22. The predicted octanol–water partition coefficient (Wildman–Crippen LogP) is 2.38. The minimum absolute atomic E-state index is 0.703. The fraction of sp³-hybridized carbons (Fsp3) is 0.818. The number of hydrogen-bond donors (Lipinski definition) is 0. The molecule has 0 amide bonds. The van der Waals surface area contributed by atoms with Gasteiger partial charge in [-0.1, -0.05) is 33.6 Å². The van der Waals surface area contributed by atoms with Gasteiger partial charge in [-0.25, -0.2) is 0 Å². The Kier molecular flexibility index (Phi) is 6.90. The molecule has 0 aliphatic heterocycles. The Morgan fingerprint density at radius 3 is 2.08 bits per heavy atom. The fourth-order valence-electron chi connectivity index (χ4n) is 0.891. The van der Waals surface area contributed by atoms with E-state index in [4.69, 9.17) is 0 Å². The Morgan fingerprint density at radius 1 is 1.08 bits per heavy atom. The molecular weight excluding hydrogens is 146 g/mol. The molecule has 0 aromatic heterocycles. The molecule has 0 bridgehead atoms. The second kappa shape index (κ2) is 7.18. The van der Waals surface area contributed by atoms with E-state index in [9.17, 15) is 0 Å². The van der Waals surface area contributed by atoms with E-state index in [2.05, 4.69) is 44.4 Å². The van der Waals surface area contributed by atoms with E-state index in [1.807, 2.05) is 0 Å². The average molecular weight is 167 g/mol. The Labute approximate surface area is 77.1 Å². The Bertz CT molecular complexity index is 146. The largest absolute Gasteiger partial charge is 0.293 e. The summed E-state index contributed by atoms with van der Waals surface area (Å²) in [5, 5.41) is 0. The van der Waals surface area contributed by atoms with Crippen molar-refractivity contribution in [2.75, 3.05) is 19.6 Å². The van der Waals surface area contributed by atoms with Crippen LogP contribution in [0.25, 0.3) is 0 Å². The topological polar surface area (TPSA) is 3.24 Å². The maximum Gasteiger partial charge on any atom is 0.0601 e. The molecule has 0 rings (SSSR count). The molecule has 0 aromatic rings. The van der Waals surface area contributed by atoms with Crippen LogP contribution in [0.15, 0.2) is 0 Å². The minimum atomic E-state index is 0.703. The first kappa shape index (κ1) is 11.5. The second-order valence-electron chi connectivity index (χ2n) is 3.41. The first-order valence-electron chi connectivity index (χ1n) is 4.88. The fourth-order valence-corrected chi connectivity index (χ4v) is 0.891. The van der Waals surface area contributed by atoms with Gasteiger partial charge < -0.3 is 0 Å². The van der Waals surface area contributed by atoms with Crippen molar-refractivity contribution < 1.29 is 0 Å². The third-order valence-electron chi connectivity index (χ3n) is 1.83. The summed E-state index contributed by atoms with van der Waals surface area (Å²) in [4.78, 5) is 2.33. The maximum absolute atomic E-state index is 3.19. The Balaban J connectivity index is 3.54. The summed E-state index contributed by atoms with van der Waals surface area (Å²) in [6.07, 6.45) is 1.03. The zero-order valence-electron chi connectivity index (χ0n) is 8.85. The molecule has 0 fully saturated rings. The summed E-state index contributed by atoms with van der Waals surface area (Å²) in [6.45, 7) is 11.9. The van der Waals surface area contributed by atoms with Crippen molar-refractivity contribution in [2.45, 2.75) is 34.1 Å². The molecule has 0 heterocycles. The first-order valence-corrected chi connectivity index (χ1v) is 4.88. The molecule has 0 saturated heterocycles. The average Bonchev–Trinajstić information content (AvgIpc) is 2.04. The molecule has 0 saturated carbocycles. The van der Waals surface area contributed by atoms with E-state index >= 15 is 0 Å². The Hall–Kier alpha value is -0.480. The highest BCUT2D eigenvalue weighted by Crippen LogP contribution is 1.95. The predicted molar refractivity (Wildman–Crippen MR) is 55.0 cm³/mol. The van der Waals surface area contributed by atoms with E-state index in [1.165, 1.54) is 0 Å². The van der Waals surface area contributed by atoms with Gasteiger partial charge in [0.25, 0.3) is 0 Å². The van der Waals surface area contributed by atoms with Gasteiger partial charge in [-0.05, 0) is 19.0 Å². The van der Waals surface area contributed by atoms with Crippen molar-refractivity contribution in [3.8, 4) is 11.8 Å². The zero-order valence-corrected chi connectivity index (χ0v) is 8.85. The molecule has 0 unspecified atom stereocenters. The van der Waals surface area contributed by atoms with Gasteiger partial charge >= 0.3 is 0 Å². The van der Waals surface area contributed by atoms with Gasteiger partial charge in [0.2, 0.25) is 0 Å². The van der Waals surface area contributed by atoms with Gasteiger partial charge in [0.1, 0.15) is 0 Å². The number of hydrogen-bond acceptors (Lipinski definition) is 1. The second-order valence-corrected chi connectivity index (χ2v) is 3.41. The van der Waals surface area contributed by atoms with Crippen LogP contribution in [0.3, 0.4) is 0 Å². The highest BCUT2D eigenvalue weighted by molar-refractivity contribution is 5.01. The van der Waals surface area contributed by atoms with Crippen molar-refractivity contribution in [2.24, 2.45) is 5.92 Å². The lowest BCUT2D eigenvalue weighted by atomic mass is 10.1. The van der Waals surface area contributed by atoms with Crippen molar-refractivity contribution in [3.63, 3.8) is 0 Å². The Morgan fingerprint density at radius 2 is 1.67 bits per heavy atom. The quantitative estimate of drug-likeness (QED) is 0.581. The highest BCUT2D eigenvalue weighted by Gasteiger charge is 1.93. The third-order valence-corrected chi connectivity index (χ3v) is 1.83. The zero-order chi connectivity index (χ0) is 9.40. The summed E-state index contributed by atoms with van der Waals surface area (Å²) >= 11 is 0. The molecule has 70 valence electrons. The van der Waals surface area contributed by atoms with E-state index < -0.39 is 0 Å². The molecule has 12 heavy (non-hydrogen) atoms. The maximum atomic E-state index is 3.19. The van der Waals surface area contributed by atoms with E-state index in [1.54, 1.807) is 0 Å². The van der Waals surface area contributed by atoms with Crippen LogP contribution in [-0.2, 0) is 0 Å². The van der Waals surface area contributed by atoms with Crippen molar-refractivity contribution in [1.29, 1.82) is 0 Å². The molecule has 0 radical (unpaired) electrons. The first-order chi connectivity index (χ1) is 5.70. The van der Waals surface area contributed by atoms with Crippen molar-refractivity contribution in [1.82, 2.24) is 4.90 Å². The van der Waals surface area contributed by atoms with Crippen LogP contribution in [0.2, 0.25) is 0 Å². The molecular formula is C11H21N. The van der Waals surface area contributed by atoms with Gasteiger partial charge in [-0.15, -0.1) is 5.92 Å². The summed E-state index contributed by atoms with van der Waals surface area (Å²) in [5.74, 6) is 7.09. The van der Waals surface area contributed by atoms with Crippen LogP contribution in [-0.4, -0.2) is 24.5 Å². The lowest BCUT2D eigenvalue weighted by Gasteiger charge is -2.13. The van der Waals surface area contributed by atoms with Crippen molar-refractivity contribution in [3.05, 3.63) is 0 Å². The van der Waals surface area contributed by atoms with Crippen LogP contribution in [0.4, 0.5) is 0 Å². The lowest BCUT2D eigenvalue weighted by molar-refractivity contribution is 0.342. The van der Waals surface area contributed by atoms with Crippen LogP contribution in [0, 0.1) is 17.8 Å². The van der Waals surface area contributed by atoms with Crippen LogP contribution in [0.1, 0.15) is 34.1 Å². The molecule has 0 aliphatic rings. The number of rotatable bonds is 4. The summed E-state index contributed by atoms with van der Waals surface area (Å²) in [6, 6.07) is 0. The van der Waals surface area contributed by atoms with Crippen LogP contribution < -0.4 is 0 Å².